The Hall–Kier alpha value is -3.18. The van der Waals surface area contributed by atoms with Crippen molar-refractivity contribution in [2.24, 2.45) is 0 Å². The van der Waals surface area contributed by atoms with Gasteiger partial charge in [0.05, 0.1) is 13.7 Å². The van der Waals surface area contributed by atoms with Gasteiger partial charge in [0, 0.05) is 16.1 Å². The van der Waals surface area contributed by atoms with E-state index in [-0.39, 0.29) is 5.91 Å². The van der Waals surface area contributed by atoms with Gasteiger partial charge in [0.25, 0.3) is 5.91 Å². The van der Waals surface area contributed by atoms with Gasteiger partial charge in [-0.1, -0.05) is 41.9 Å². The van der Waals surface area contributed by atoms with Crippen LogP contribution in [0.3, 0.4) is 0 Å². The number of para-hydroxylation sites is 2. The molecule has 0 unspecified atom stereocenters. The largest absolute Gasteiger partial charge is 0.493 e. The Morgan fingerprint density at radius 2 is 1.59 bits per heavy atom. The molecule has 0 bridgehead atoms. The van der Waals surface area contributed by atoms with Gasteiger partial charge in [0.1, 0.15) is 19.0 Å². The maximum atomic E-state index is 12.3. The van der Waals surface area contributed by atoms with E-state index in [1.165, 1.54) is 0 Å². The van der Waals surface area contributed by atoms with Crippen molar-refractivity contribution < 1.29 is 19.0 Å². The lowest BCUT2D eigenvalue weighted by atomic mass is 10.2. The molecule has 0 aliphatic rings. The lowest BCUT2D eigenvalue weighted by Gasteiger charge is -2.11. The Morgan fingerprint density at radius 1 is 0.897 bits per heavy atom. The van der Waals surface area contributed by atoms with Crippen molar-refractivity contribution in [2.75, 3.05) is 20.3 Å². The fraction of sp³-hybridized carbons (Fsp3) is 0.174. The van der Waals surface area contributed by atoms with Crippen molar-refractivity contribution >= 4 is 17.5 Å². The zero-order valence-corrected chi connectivity index (χ0v) is 16.8. The summed E-state index contributed by atoms with van der Waals surface area (Å²) in [5.41, 5.74) is 1.46. The van der Waals surface area contributed by atoms with Crippen LogP contribution in [-0.4, -0.2) is 26.2 Å². The van der Waals surface area contributed by atoms with Crippen LogP contribution in [0.4, 0.5) is 0 Å². The number of nitrogens with one attached hydrogen (secondary N) is 1. The zero-order valence-electron chi connectivity index (χ0n) is 16.1. The molecule has 0 saturated carbocycles. The van der Waals surface area contributed by atoms with E-state index in [1.807, 2.05) is 48.5 Å². The summed E-state index contributed by atoms with van der Waals surface area (Å²) in [5.74, 6) is 1.79. The van der Waals surface area contributed by atoms with Crippen molar-refractivity contribution in [2.45, 2.75) is 6.61 Å². The van der Waals surface area contributed by atoms with E-state index in [4.69, 9.17) is 25.8 Å². The Labute approximate surface area is 175 Å². The smallest absolute Gasteiger partial charge is 0.251 e. The number of amides is 1. The number of halogens is 1. The van der Waals surface area contributed by atoms with Crippen molar-refractivity contribution in [3.05, 3.63) is 88.9 Å². The normalized spacial score (nSPS) is 10.3. The highest BCUT2D eigenvalue weighted by Gasteiger charge is 2.07. The molecule has 0 saturated heterocycles. The van der Waals surface area contributed by atoms with Crippen LogP contribution in [0.5, 0.6) is 17.2 Å². The molecule has 0 aliphatic carbocycles. The van der Waals surface area contributed by atoms with Crippen LogP contribution in [0.1, 0.15) is 15.9 Å². The number of hydrogen-bond acceptors (Lipinski definition) is 4. The van der Waals surface area contributed by atoms with Gasteiger partial charge in [-0.3, -0.25) is 4.79 Å². The van der Waals surface area contributed by atoms with Gasteiger partial charge < -0.3 is 19.5 Å². The Bertz CT molecular complexity index is 944. The average molecular weight is 412 g/mol. The highest BCUT2D eigenvalue weighted by atomic mass is 35.5. The second kappa shape index (κ2) is 10.4. The summed E-state index contributed by atoms with van der Waals surface area (Å²) in [5, 5.41) is 3.49. The summed E-state index contributed by atoms with van der Waals surface area (Å²) in [7, 11) is 1.59. The fourth-order valence-electron chi connectivity index (χ4n) is 2.64. The molecular formula is C23H22ClNO4. The van der Waals surface area contributed by atoms with E-state index >= 15 is 0 Å². The molecule has 0 aromatic heterocycles. The van der Waals surface area contributed by atoms with Gasteiger partial charge in [0.15, 0.2) is 11.5 Å². The van der Waals surface area contributed by atoms with Gasteiger partial charge >= 0.3 is 0 Å². The summed E-state index contributed by atoms with van der Waals surface area (Å²) in [6.45, 7) is 1.08. The zero-order chi connectivity index (χ0) is 20.5. The van der Waals surface area contributed by atoms with Crippen molar-refractivity contribution in [3.63, 3.8) is 0 Å². The van der Waals surface area contributed by atoms with Crippen molar-refractivity contribution in [1.82, 2.24) is 5.32 Å². The van der Waals surface area contributed by atoms with Gasteiger partial charge in [-0.15, -0.1) is 0 Å². The molecule has 3 aromatic carbocycles. The molecule has 3 aromatic rings. The monoisotopic (exact) mass is 411 g/mol. The van der Waals surface area contributed by atoms with Crippen LogP contribution in [0, 0.1) is 0 Å². The lowest BCUT2D eigenvalue weighted by molar-refractivity contribution is 0.0946. The molecule has 3 rings (SSSR count). The molecule has 0 radical (unpaired) electrons. The summed E-state index contributed by atoms with van der Waals surface area (Å²) >= 11 is 6.12. The second-order valence-electron chi connectivity index (χ2n) is 6.16. The first-order valence-corrected chi connectivity index (χ1v) is 9.55. The third-order valence-corrected chi connectivity index (χ3v) is 4.55. The summed E-state index contributed by atoms with van der Waals surface area (Å²) in [6, 6.07) is 21.9. The SMILES string of the molecule is COc1ccccc1OCCNC(=O)c1ccc(OCc2ccccc2Cl)cc1. The number of methoxy groups -OCH3 is 1. The lowest BCUT2D eigenvalue weighted by Crippen LogP contribution is -2.28. The summed E-state index contributed by atoms with van der Waals surface area (Å²) in [6.07, 6.45) is 0. The molecule has 1 N–H and O–H groups in total. The van der Waals surface area contributed by atoms with Gasteiger partial charge in [0.2, 0.25) is 0 Å². The second-order valence-corrected chi connectivity index (χ2v) is 6.57. The van der Waals surface area contributed by atoms with E-state index in [9.17, 15) is 4.79 Å². The molecule has 0 fully saturated rings. The first kappa shape index (κ1) is 20.6. The van der Waals surface area contributed by atoms with Gasteiger partial charge in [-0.05, 0) is 42.5 Å². The first-order valence-electron chi connectivity index (χ1n) is 9.17. The number of carbonyl (C=O) groups excluding carboxylic acids is 1. The van der Waals surface area contributed by atoms with Gasteiger partial charge in [-0.2, -0.15) is 0 Å². The number of hydrogen-bond donors (Lipinski definition) is 1. The van der Waals surface area contributed by atoms with E-state index in [1.54, 1.807) is 31.4 Å². The molecule has 5 nitrogen and oxygen atoms in total. The molecular weight excluding hydrogens is 390 g/mol. The van der Waals surface area contributed by atoms with Crippen LogP contribution in [0.15, 0.2) is 72.8 Å². The van der Waals surface area contributed by atoms with Crippen LogP contribution in [-0.2, 0) is 6.61 Å². The predicted octanol–water partition coefficient (Wildman–Crippen LogP) is 4.74. The van der Waals surface area contributed by atoms with Crippen LogP contribution in [0.25, 0.3) is 0 Å². The minimum atomic E-state index is -0.175. The molecule has 0 spiro atoms. The maximum Gasteiger partial charge on any atom is 0.251 e. The number of benzene rings is 3. The summed E-state index contributed by atoms with van der Waals surface area (Å²) in [4.78, 5) is 12.3. The van der Waals surface area contributed by atoms with Crippen LogP contribution < -0.4 is 19.5 Å². The Morgan fingerprint density at radius 3 is 2.31 bits per heavy atom. The minimum Gasteiger partial charge on any atom is -0.493 e. The third-order valence-electron chi connectivity index (χ3n) is 4.18. The Kier molecular flexibility index (Phi) is 7.36. The van der Waals surface area contributed by atoms with Crippen LogP contribution >= 0.6 is 11.6 Å². The Balaban J connectivity index is 1.44. The standard InChI is InChI=1S/C23H22ClNO4/c1-27-21-8-4-5-9-22(21)28-15-14-25-23(26)17-10-12-19(13-11-17)29-16-18-6-2-3-7-20(18)24/h2-13H,14-16H2,1H3,(H,25,26). The average Bonchev–Trinajstić information content (AvgIpc) is 2.76. The van der Waals surface area contributed by atoms with Gasteiger partial charge in [-0.25, -0.2) is 0 Å². The van der Waals surface area contributed by atoms with E-state index in [0.29, 0.717) is 47.6 Å². The molecule has 0 heterocycles. The number of carbonyl (C=O) groups is 1. The van der Waals surface area contributed by atoms with E-state index in [0.717, 1.165) is 5.56 Å². The topological polar surface area (TPSA) is 56.8 Å². The summed E-state index contributed by atoms with van der Waals surface area (Å²) < 4.78 is 16.6. The number of ether oxygens (including phenoxy) is 3. The molecule has 0 aliphatic heterocycles. The fourth-order valence-corrected chi connectivity index (χ4v) is 2.84. The highest BCUT2D eigenvalue weighted by Crippen LogP contribution is 2.25. The molecule has 0 atom stereocenters. The number of rotatable bonds is 9. The highest BCUT2D eigenvalue weighted by molar-refractivity contribution is 6.31. The third kappa shape index (κ3) is 5.90. The molecule has 29 heavy (non-hydrogen) atoms. The quantitative estimate of drug-likeness (QED) is 0.517. The van der Waals surface area contributed by atoms with Crippen molar-refractivity contribution in [1.29, 1.82) is 0 Å². The predicted molar refractivity (Wildman–Crippen MR) is 113 cm³/mol. The maximum absolute atomic E-state index is 12.3. The minimum absolute atomic E-state index is 0.175. The van der Waals surface area contributed by atoms with Crippen molar-refractivity contribution in [3.8, 4) is 17.2 Å². The van der Waals surface area contributed by atoms with Crippen LogP contribution in [0.2, 0.25) is 5.02 Å². The first-order chi connectivity index (χ1) is 14.2. The van der Waals surface area contributed by atoms with E-state index < -0.39 is 0 Å². The van der Waals surface area contributed by atoms with E-state index in [2.05, 4.69) is 5.32 Å². The molecule has 150 valence electrons. The molecule has 6 heteroatoms. The molecule has 1 amide bonds.